The number of nitrogens with zero attached hydrogens (tertiary/aromatic N) is 2. The Morgan fingerprint density at radius 2 is 2.00 bits per heavy atom. The van der Waals surface area contributed by atoms with Crippen LogP contribution in [0.3, 0.4) is 0 Å². The van der Waals surface area contributed by atoms with E-state index in [1.54, 1.807) is 22.7 Å². The van der Waals surface area contributed by atoms with Crippen molar-refractivity contribution in [3.8, 4) is 11.3 Å². The highest BCUT2D eigenvalue weighted by Gasteiger charge is 2.17. The van der Waals surface area contributed by atoms with Gasteiger partial charge in [0.25, 0.3) is 5.91 Å². The molecule has 3 rings (SSSR count). The van der Waals surface area contributed by atoms with Crippen molar-refractivity contribution in [3.63, 3.8) is 0 Å². The van der Waals surface area contributed by atoms with Crippen LogP contribution in [-0.4, -0.2) is 26.5 Å². The summed E-state index contributed by atoms with van der Waals surface area (Å²) in [5.41, 5.74) is 3.70. The molecule has 1 amide bonds. The second-order valence-electron chi connectivity index (χ2n) is 5.67. The number of carbonyl (C=O) groups is 1. The molecule has 2 N–H and O–H groups in total. The zero-order valence-corrected chi connectivity index (χ0v) is 14.5. The summed E-state index contributed by atoms with van der Waals surface area (Å²) in [5.74, 6) is -0.164. The van der Waals surface area contributed by atoms with Gasteiger partial charge in [-0.1, -0.05) is 29.3 Å². The van der Waals surface area contributed by atoms with Crippen LogP contribution in [0.1, 0.15) is 30.0 Å². The van der Waals surface area contributed by atoms with E-state index in [-0.39, 0.29) is 11.9 Å². The molecule has 23 heavy (non-hydrogen) atoms. The number of rotatable bonds is 3. The number of aryl methyl sites for hydroxylation is 1. The van der Waals surface area contributed by atoms with E-state index >= 15 is 0 Å². The fourth-order valence-electron chi connectivity index (χ4n) is 2.48. The smallest absolute Gasteiger partial charge is 0.269 e. The number of nitrogens with one attached hydrogen (secondary N) is 2. The number of halogens is 2. The van der Waals surface area contributed by atoms with Gasteiger partial charge in [0.05, 0.1) is 21.4 Å². The molecule has 0 atom stereocenters. The molecular formula is C16H16Cl2N4O. The number of benzene rings is 1. The van der Waals surface area contributed by atoms with Crippen molar-refractivity contribution in [2.24, 2.45) is 0 Å². The highest BCUT2D eigenvalue weighted by atomic mass is 35.5. The molecule has 0 saturated carbocycles. The number of imidazole rings is 1. The van der Waals surface area contributed by atoms with E-state index in [0.717, 1.165) is 17.0 Å². The van der Waals surface area contributed by atoms with E-state index < -0.39 is 0 Å². The third-order valence-corrected chi connectivity index (χ3v) is 4.18. The minimum atomic E-state index is -0.164. The number of hydrogen-bond acceptors (Lipinski definition) is 2. The summed E-state index contributed by atoms with van der Waals surface area (Å²) in [4.78, 5) is 16.6. The van der Waals surface area contributed by atoms with E-state index in [2.05, 4.69) is 15.4 Å². The van der Waals surface area contributed by atoms with E-state index in [9.17, 15) is 4.79 Å². The first-order valence-electron chi connectivity index (χ1n) is 7.21. The van der Waals surface area contributed by atoms with Crippen molar-refractivity contribution in [3.05, 3.63) is 45.7 Å². The van der Waals surface area contributed by atoms with Gasteiger partial charge in [0, 0.05) is 17.7 Å². The fraction of sp³-hybridized carbons (Fsp3) is 0.250. The van der Waals surface area contributed by atoms with Gasteiger partial charge in [0.15, 0.2) is 5.65 Å². The first kappa shape index (κ1) is 15.9. The standard InChI is InChI=1S/C16H16Cl2N4O/c1-8(2)19-16(23)13-7-14-20-9(3)15(22(14)21-13)10-4-5-11(17)12(18)6-10/h4-8,21H,1-3H3,(H,19,23). The van der Waals surface area contributed by atoms with Gasteiger partial charge < -0.3 is 5.32 Å². The molecule has 7 heteroatoms. The normalized spacial score (nSPS) is 11.4. The summed E-state index contributed by atoms with van der Waals surface area (Å²) >= 11 is 12.1. The molecule has 0 saturated heterocycles. The number of aromatic amines is 1. The zero-order valence-electron chi connectivity index (χ0n) is 12.9. The third-order valence-electron chi connectivity index (χ3n) is 3.44. The number of amides is 1. The van der Waals surface area contributed by atoms with Crippen LogP contribution < -0.4 is 5.32 Å². The molecule has 2 aromatic heterocycles. The van der Waals surface area contributed by atoms with Gasteiger partial charge in [-0.2, -0.15) is 0 Å². The maximum absolute atomic E-state index is 12.1. The largest absolute Gasteiger partial charge is 0.349 e. The number of hydrogen-bond donors (Lipinski definition) is 2. The van der Waals surface area contributed by atoms with Crippen molar-refractivity contribution in [1.82, 2.24) is 19.9 Å². The van der Waals surface area contributed by atoms with Crippen LogP contribution in [0, 0.1) is 6.92 Å². The number of aromatic nitrogens is 3. The Hall–Kier alpha value is -1.98. The van der Waals surface area contributed by atoms with Crippen LogP contribution in [0.4, 0.5) is 0 Å². The Morgan fingerprint density at radius 1 is 1.26 bits per heavy atom. The first-order valence-corrected chi connectivity index (χ1v) is 7.96. The molecular weight excluding hydrogens is 335 g/mol. The molecule has 5 nitrogen and oxygen atoms in total. The van der Waals surface area contributed by atoms with Crippen LogP contribution in [0.5, 0.6) is 0 Å². The zero-order chi connectivity index (χ0) is 16.7. The molecule has 0 radical (unpaired) electrons. The van der Waals surface area contributed by atoms with Gasteiger partial charge in [-0.15, -0.1) is 0 Å². The minimum absolute atomic E-state index is 0.0643. The average molecular weight is 351 g/mol. The second-order valence-corrected chi connectivity index (χ2v) is 6.48. The van der Waals surface area contributed by atoms with Gasteiger partial charge in [-0.25, -0.2) is 9.50 Å². The molecule has 0 aliphatic carbocycles. The lowest BCUT2D eigenvalue weighted by Gasteiger charge is -2.07. The minimum Gasteiger partial charge on any atom is -0.349 e. The highest BCUT2D eigenvalue weighted by Crippen LogP contribution is 2.30. The van der Waals surface area contributed by atoms with E-state index in [1.165, 1.54) is 0 Å². The molecule has 120 valence electrons. The van der Waals surface area contributed by atoms with E-state index in [4.69, 9.17) is 23.2 Å². The second kappa shape index (κ2) is 5.91. The maximum Gasteiger partial charge on any atom is 0.269 e. The fourth-order valence-corrected chi connectivity index (χ4v) is 2.78. The SMILES string of the molecule is Cc1nc2cc(C(=O)NC(C)C)[nH]n2c1-c1ccc(Cl)c(Cl)c1. The molecule has 0 aliphatic rings. The van der Waals surface area contributed by atoms with Gasteiger partial charge >= 0.3 is 0 Å². The molecule has 0 aliphatic heterocycles. The maximum atomic E-state index is 12.1. The number of fused-ring (bicyclic) bond motifs is 1. The Labute approximate surface area is 143 Å². The predicted octanol–water partition coefficient (Wildman–Crippen LogP) is 4.08. The molecule has 0 unspecified atom stereocenters. The molecule has 0 fully saturated rings. The number of carbonyl (C=O) groups excluding carboxylic acids is 1. The van der Waals surface area contributed by atoms with Gasteiger partial charge in [-0.05, 0) is 32.9 Å². The molecule has 3 aromatic rings. The summed E-state index contributed by atoms with van der Waals surface area (Å²) < 4.78 is 1.78. The Kier molecular flexibility index (Phi) is 4.08. The summed E-state index contributed by atoms with van der Waals surface area (Å²) in [6, 6.07) is 7.20. The lowest BCUT2D eigenvalue weighted by atomic mass is 10.1. The number of H-pyrrole nitrogens is 1. The van der Waals surface area contributed by atoms with E-state index in [1.807, 2.05) is 26.8 Å². The van der Waals surface area contributed by atoms with Gasteiger partial charge in [0.1, 0.15) is 5.69 Å². The third kappa shape index (κ3) is 2.94. The summed E-state index contributed by atoms with van der Waals surface area (Å²) in [7, 11) is 0. The average Bonchev–Trinajstić information content (AvgIpc) is 2.98. The molecule has 2 heterocycles. The summed E-state index contributed by atoms with van der Waals surface area (Å²) in [5, 5.41) is 6.91. The predicted molar refractivity (Wildman–Crippen MR) is 92.3 cm³/mol. The monoisotopic (exact) mass is 350 g/mol. The Bertz CT molecular complexity index is 895. The van der Waals surface area contributed by atoms with Crippen molar-refractivity contribution < 1.29 is 4.79 Å². The lowest BCUT2D eigenvalue weighted by molar-refractivity contribution is 0.0938. The van der Waals surface area contributed by atoms with Crippen LogP contribution in [-0.2, 0) is 0 Å². The quantitative estimate of drug-likeness (QED) is 0.747. The van der Waals surface area contributed by atoms with Crippen molar-refractivity contribution in [1.29, 1.82) is 0 Å². The van der Waals surface area contributed by atoms with Crippen molar-refractivity contribution in [2.75, 3.05) is 0 Å². The van der Waals surface area contributed by atoms with Gasteiger partial charge in [0.2, 0.25) is 0 Å². The Balaban J connectivity index is 2.10. The van der Waals surface area contributed by atoms with Crippen LogP contribution in [0.25, 0.3) is 16.9 Å². The highest BCUT2D eigenvalue weighted by molar-refractivity contribution is 6.42. The van der Waals surface area contributed by atoms with Crippen molar-refractivity contribution in [2.45, 2.75) is 26.8 Å². The van der Waals surface area contributed by atoms with Crippen molar-refractivity contribution >= 4 is 34.8 Å². The molecule has 1 aromatic carbocycles. The molecule has 0 spiro atoms. The summed E-state index contributed by atoms with van der Waals surface area (Å²) in [6.45, 7) is 5.74. The van der Waals surface area contributed by atoms with Crippen LogP contribution in [0.15, 0.2) is 24.3 Å². The van der Waals surface area contributed by atoms with Crippen LogP contribution in [0.2, 0.25) is 10.0 Å². The summed E-state index contributed by atoms with van der Waals surface area (Å²) in [6.07, 6.45) is 0. The van der Waals surface area contributed by atoms with E-state index in [0.29, 0.717) is 21.4 Å². The van der Waals surface area contributed by atoms with Gasteiger partial charge in [-0.3, -0.25) is 9.89 Å². The first-order chi connectivity index (χ1) is 10.9. The lowest BCUT2D eigenvalue weighted by Crippen LogP contribution is -2.30. The van der Waals surface area contributed by atoms with Crippen LogP contribution >= 0.6 is 23.2 Å². The molecule has 0 bridgehead atoms. The Morgan fingerprint density at radius 3 is 2.65 bits per heavy atom. The topological polar surface area (TPSA) is 62.2 Å².